The van der Waals surface area contributed by atoms with Gasteiger partial charge in [0.1, 0.15) is 5.82 Å². The maximum atomic E-state index is 4.79. The van der Waals surface area contributed by atoms with Crippen LogP contribution in [-0.4, -0.2) is 20.6 Å². The fraction of sp³-hybridized carbons (Fsp3) is 0.769. The Morgan fingerprint density at radius 3 is 3.12 bits per heavy atom. The van der Waals surface area contributed by atoms with Crippen molar-refractivity contribution in [3.63, 3.8) is 0 Å². The largest absolute Gasteiger partial charge is 0.335 e. The van der Waals surface area contributed by atoms with E-state index in [9.17, 15) is 0 Å². The predicted octanol–water partition coefficient (Wildman–Crippen LogP) is 3.05. The normalized spacial score (nSPS) is 25.4. The Balaban J connectivity index is 1.67. The Morgan fingerprint density at radius 2 is 2.31 bits per heavy atom. The number of fused-ring (bicyclic) bond motifs is 1. The average Bonchev–Trinajstić information content (AvgIpc) is 2.72. The molecule has 0 aromatic carbocycles. The van der Waals surface area contributed by atoms with Crippen molar-refractivity contribution in [3.8, 4) is 0 Å². The molecule has 1 aromatic heterocycles. The first-order valence-electron chi connectivity index (χ1n) is 6.58. The van der Waals surface area contributed by atoms with Crippen LogP contribution in [0.1, 0.15) is 43.6 Å². The van der Waals surface area contributed by atoms with Gasteiger partial charge in [-0.2, -0.15) is 11.8 Å². The van der Waals surface area contributed by atoms with Gasteiger partial charge in [-0.3, -0.25) is 0 Å². The summed E-state index contributed by atoms with van der Waals surface area (Å²) in [6.45, 7) is 1.19. The van der Waals surface area contributed by atoms with Gasteiger partial charge in [0, 0.05) is 30.8 Å². The highest BCUT2D eigenvalue weighted by molar-refractivity contribution is 7.99. The Bertz CT molecular complexity index is 329. The van der Waals surface area contributed by atoms with Crippen molar-refractivity contribution >= 4 is 11.8 Å². The summed E-state index contributed by atoms with van der Waals surface area (Å²) in [6.07, 6.45) is 11.6. The van der Waals surface area contributed by atoms with Crippen molar-refractivity contribution < 1.29 is 0 Å². The number of imidazole rings is 1. The Hall–Kier alpha value is -0.440. The lowest BCUT2D eigenvalue weighted by Gasteiger charge is -2.19. The number of thioether (sulfide) groups is 1. The molecule has 0 spiro atoms. The van der Waals surface area contributed by atoms with Crippen molar-refractivity contribution in [1.82, 2.24) is 9.55 Å². The van der Waals surface area contributed by atoms with Crippen LogP contribution < -0.4 is 0 Å². The molecule has 0 aliphatic carbocycles. The van der Waals surface area contributed by atoms with E-state index in [0.717, 1.165) is 5.25 Å². The molecule has 0 amide bonds. The molecule has 1 unspecified atom stereocenters. The van der Waals surface area contributed by atoms with Crippen LogP contribution in [0, 0.1) is 0 Å². The number of nitrogens with zero attached hydrogens (tertiary/aromatic N) is 2. The quantitative estimate of drug-likeness (QED) is 0.785. The van der Waals surface area contributed by atoms with E-state index in [1.165, 1.54) is 68.8 Å². The van der Waals surface area contributed by atoms with Crippen LogP contribution in [0.3, 0.4) is 0 Å². The SMILES string of the molecule is c1c(CC2CCCCS2)nc2n1CCCC2. The molecule has 88 valence electrons. The molecule has 0 N–H and O–H groups in total. The zero-order valence-corrected chi connectivity index (χ0v) is 10.6. The van der Waals surface area contributed by atoms with E-state index in [2.05, 4.69) is 22.5 Å². The lowest BCUT2D eigenvalue weighted by atomic mass is 10.1. The molecule has 2 aliphatic heterocycles. The lowest BCUT2D eigenvalue weighted by Crippen LogP contribution is -2.12. The van der Waals surface area contributed by atoms with Crippen molar-refractivity contribution in [2.75, 3.05) is 5.75 Å². The van der Waals surface area contributed by atoms with Crippen LogP contribution in [0.4, 0.5) is 0 Å². The first kappa shape index (κ1) is 10.7. The molecule has 1 fully saturated rings. The summed E-state index contributed by atoms with van der Waals surface area (Å²) in [5.74, 6) is 2.69. The third kappa shape index (κ3) is 2.29. The number of hydrogen-bond donors (Lipinski definition) is 0. The lowest BCUT2D eigenvalue weighted by molar-refractivity contribution is 0.522. The molecule has 0 bridgehead atoms. The predicted molar refractivity (Wildman–Crippen MR) is 69.0 cm³/mol. The van der Waals surface area contributed by atoms with E-state index < -0.39 is 0 Å². The first-order valence-corrected chi connectivity index (χ1v) is 7.63. The number of rotatable bonds is 2. The summed E-state index contributed by atoms with van der Waals surface area (Å²) >= 11 is 2.15. The zero-order chi connectivity index (χ0) is 10.8. The van der Waals surface area contributed by atoms with E-state index in [0.29, 0.717) is 0 Å². The molecule has 0 radical (unpaired) electrons. The van der Waals surface area contributed by atoms with Gasteiger partial charge in [0.15, 0.2) is 0 Å². The van der Waals surface area contributed by atoms with Crippen LogP contribution >= 0.6 is 11.8 Å². The van der Waals surface area contributed by atoms with Crippen molar-refractivity contribution in [2.24, 2.45) is 0 Å². The maximum Gasteiger partial charge on any atom is 0.108 e. The van der Waals surface area contributed by atoms with Crippen molar-refractivity contribution in [3.05, 3.63) is 17.7 Å². The van der Waals surface area contributed by atoms with Gasteiger partial charge in [-0.25, -0.2) is 4.98 Å². The summed E-state index contributed by atoms with van der Waals surface area (Å²) in [5, 5.41) is 0.839. The summed E-state index contributed by atoms with van der Waals surface area (Å²) in [6, 6.07) is 0. The number of hydrogen-bond acceptors (Lipinski definition) is 2. The second-order valence-electron chi connectivity index (χ2n) is 4.99. The van der Waals surface area contributed by atoms with Crippen LogP contribution in [0.25, 0.3) is 0 Å². The summed E-state index contributed by atoms with van der Waals surface area (Å²) in [4.78, 5) is 4.79. The topological polar surface area (TPSA) is 17.8 Å². The molecule has 16 heavy (non-hydrogen) atoms. The van der Waals surface area contributed by atoms with Gasteiger partial charge < -0.3 is 4.57 Å². The van der Waals surface area contributed by atoms with E-state index in [1.807, 2.05) is 0 Å². The fourth-order valence-electron chi connectivity index (χ4n) is 2.77. The number of aryl methyl sites for hydroxylation is 2. The third-order valence-electron chi connectivity index (χ3n) is 3.67. The zero-order valence-electron chi connectivity index (χ0n) is 9.82. The Morgan fingerprint density at radius 1 is 1.31 bits per heavy atom. The second kappa shape index (κ2) is 4.82. The standard InChI is InChI=1S/C13H20N2S/c1-3-7-15-10-11(14-13(15)6-1)9-12-5-2-4-8-16-12/h10,12H,1-9H2. The molecular weight excluding hydrogens is 216 g/mol. The highest BCUT2D eigenvalue weighted by atomic mass is 32.2. The molecule has 2 nitrogen and oxygen atoms in total. The van der Waals surface area contributed by atoms with Gasteiger partial charge in [0.2, 0.25) is 0 Å². The maximum absolute atomic E-state index is 4.79. The van der Waals surface area contributed by atoms with E-state index in [-0.39, 0.29) is 0 Å². The first-order chi connectivity index (χ1) is 7.92. The minimum Gasteiger partial charge on any atom is -0.335 e. The Kier molecular flexibility index (Phi) is 3.22. The molecule has 3 rings (SSSR count). The van der Waals surface area contributed by atoms with Gasteiger partial charge >= 0.3 is 0 Å². The molecule has 3 heterocycles. The average molecular weight is 236 g/mol. The highest BCUT2D eigenvalue weighted by Gasteiger charge is 2.18. The molecule has 1 saturated heterocycles. The highest BCUT2D eigenvalue weighted by Crippen LogP contribution is 2.28. The van der Waals surface area contributed by atoms with Crippen LogP contribution in [0.5, 0.6) is 0 Å². The van der Waals surface area contributed by atoms with Gasteiger partial charge in [0.25, 0.3) is 0 Å². The summed E-state index contributed by atoms with van der Waals surface area (Å²) < 4.78 is 2.38. The van der Waals surface area contributed by atoms with E-state index >= 15 is 0 Å². The summed E-state index contributed by atoms with van der Waals surface area (Å²) in [7, 11) is 0. The minimum atomic E-state index is 0.839. The van der Waals surface area contributed by atoms with Gasteiger partial charge in [-0.15, -0.1) is 0 Å². The molecule has 1 atom stereocenters. The number of aromatic nitrogens is 2. The van der Waals surface area contributed by atoms with Crippen LogP contribution in [-0.2, 0) is 19.4 Å². The van der Waals surface area contributed by atoms with Crippen molar-refractivity contribution in [1.29, 1.82) is 0 Å². The van der Waals surface area contributed by atoms with E-state index in [1.54, 1.807) is 0 Å². The molecular formula is C13H20N2S. The van der Waals surface area contributed by atoms with Gasteiger partial charge in [-0.05, 0) is 31.4 Å². The second-order valence-corrected chi connectivity index (χ2v) is 6.40. The van der Waals surface area contributed by atoms with Crippen LogP contribution in [0.2, 0.25) is 0 Å². The fourth-order valence-corrected chi connectivity index (χ4v) is 4.10. The molecule has 3 heteroatoms. The molecule has 0 saturated carbocycles. The molecule has 1 aromatic rings. The van der Waals surface area contributed by atoms with Gasteiger partial charge in [0.05, 0.1) is 5.69 Å². The monoisotopic (exact) mass is 236 g/mol. The van der Waals surface area contributed by atoms with Gasteiger partial charge in [-0.1, -0.05) is 6.42 Å². The van der Waals surface area contributed by atoms with Crippen LogP contribution in [0.15, 0.2) is 6.20 Å². The minimum absolute atomic E-state index is 0.839. The summed E-state index contributed by atoms with van der Waals surface area (Å²) in [5.41, 5.74) is 1.34. The third-order valence-corrected chi connectivity index (χ3v) is 5.07. The smallest absolute Gasteiger partial charge is 0.108 e. The molecule has 2 aliphatic rings. The van der Waals surface area contributed by atoms with Crippen molar-refractivity contribution in [2.45, 2.75) is 56.7 Å². The van der Waals surface area contributed by atoms with E-state index in [4.69, 9.17) is 4.98 Å². The Labute approximate surface area is 102 Å².